The molecule has 6 nitrogen and oxygen atoms in total. The first-order chi connectivity index (χ1) is 15.6. The zero-order valence-electron chi connectivity index (χ0n) is 17.2. The molecule has 0 amide bonds. The fourth-order valence-corrected chi connectivity index (χ4v) is 4.71. The summed E-state index contributed by atoms with van der Waals surface area (Å²) in [7, 11) is -2.80. The summed E-state index contributed by atoms with van der Waals surface area (Å²) in [5.41, 5.74) is 0.323. The van der Waals surface area contributed by atoms with Gasteiger partial charge in [-0.15, -0.1) is 0 Å². The Morgan fingerprint density at radius 2 is 1.85 bits per heavy atom. The lowest BCUT2D eigenvalue weighted by Gasteiger charge is -2.28. The van der Waals surface area contributed by atoms with Crippen LogP contribution in [0, 0.1) is 5.95 Å². The standard InChI is InChI=1S/C22H18F4N2O4S/c1-31-18-11-13(22(24,25)26)5-7-16(18)15-9-10-32-19-12-14(6-8-17(15)19)33(29,30)28-21-4-2-3-20(23)27-21/h2-8,11-12,15H,9-10H2,1H3,(H,27,28)/t15-/m0/s1. The molecule has 0 radical (unpaired) electrons. The van der Waals surface area contributed by atoms with E-state index in [1.807, 2.05) is 0 Å². The van der Waals surface area contributed by atoms with Crippen molar-refractivity contribution in [1.82, 2.24) is 4.98 Å². The van der Waals surface area contributed by atoms with Gasteiger partial charge in [0.05, 0.1) is 24.2 Å². The van der Waals surface area contributed by atoms with Crippen LogP contribution in [0.25, 0.3) is 0 Å². The van der Waals surface area contributed by atoms with E-state index in [0.717, 1.165) is 18.2 Å². The van der Waals surface area contributed by atoms with Crippen LogP contribution in [0.5, 0.6) is 11.5 Å². The van der Waals surface area contributed by atoms with Crippen LogP contribution in [-0.2, 0) is 16.2 Å². The lowest BCUT2D eigenvalue weighted by molar-refractivity contribution is -0.137. The number of hydrogen-bond donors (Lipinski definition) is 1. The summed E-state index contributed by atoms with van der Waals surface area (Å²) in [5, 5.41) is 0. The number of sulfonamides is 1. The van der Waals surface area contributed by atoms with Gasteiger partial charge in [-0.2, -0.15) is 17.6 Å². The van der Waals surface area contributed by atoms with Crippen molar-refractivity contribution in [3.63, 3.8) is 0 Å². The van der Waals surface area contributed by atoms with Crippen molar-refractivity contribution >= 4 is 15.8 Å². The number of fused-ring (bicyclic) bond motifs is 1. The van der Waals surface area contributed by atoms with E-state index in [2.05, 4.69) is 9.71 Å². The number of nitrogens with zero attached hydrogens (tertiary/aromatic N) is 1. The number of alkyl halides is 3. The molecule has 0 bridgehead atoms. The molecule has 2 heterocycles. The molecule has 174 valence electrons. The summed E-state index contributed by atoms with van der Waals surface area (Å²) in [6.45, 7) is 0.226. The van der Waals surface area contributed by atoms with Crippen molar-refractivity contribution in [2.24, 2.45) is 0 Å². The van der Waals surface area contributed by atoms with Gasteiger partial charge in [0.2, 0.25) is 5.95 Å². The van der Waals surface area contributed by atoms with E-state index in [9.17, 15) is 26.0 Å². The Bertz CT molecular complexity index is 1300. The van der Waals surface area contributed by atoms with Gasteiger partial charge in [0.1, 0.15) is 17.3 Å². The molecule has 0 unspecified atom stereocenters. The van der Waals surface area contributed by atoms with E-state index < -0.39 is 27.7 Å². The molecule has 0 aliphatic carbocycles. The molecule has 0 fully saturated rings. The Labute approximate surface area is 187 Å². The smallest absolute Gasteiger partial charge is 0.416 e. The lowest BCUT2D eigenvalue weighted by atomic mass is 9.85. The molecule has 0 saturated heterocycles. The number of rotatable bonds is 5. The van der Waals surface area contributed by atoms with Crippen LogP contribution < -0.4 is 14.2 Å². The second-order valence-electron chi connectivity index (χ2n) is 7.29. The number of hydrogen-bond acceptors (Lipinski definition) is 5. The zero-order valence-corrected chi connectivity index (χ0v) is 18.0. The van der Waals surface area contributed by atoms with Gasteiger partial charge in [0.15, 0.2) is 0 Å². The maximum Gasteiger partial charge on any atom is 0.416 e. The normalized spacial score (nSPS) is 16.0. The quantitative estimate of drug-likeness (QED) is 0.411. The van der Waals surface area contributed by atoms with E-state index in [-0.39, 0.29) is 34.7 Å². The second-order valence-corrected chi connectivity index (χ2v) is 8.98. The topological polar surface area (TPSA) is 77.5 Å². The van der Waals surface area contributed by atoms with Gasteiger partial charge in [-0.05, 0) is 36.8 Å². The molecule has 4 rings (SSSR count). The van der Waals surface area contributed by atoms with Crippen LogP contribution in [0.2, 0.25) is 0 Å². The number of aromatic nitrogens is 1. The summed E-state index contributed by atoms with van der Waals surface area (Å²) in [6, 6.07) is 11.2. The van der Waals surface area contributed by atoms with Crippen LogP contribution >= 0.6 is 0 Å². The van der Waals surface area contributed by atoms with Crippen LogP contribution in [-0.4, -0.2) is 27.1 Å². The van der Waals surface area contributed by atoms with Crippen LogP contribution in [0.4, 0.5) is 23.4 Å². The minimum Gasteiger partial charge on any atom is -0.496 e. The molecule has 1 aliphatic rings. The Morgan fingerprint density at radius 3 is 2.55 bits per heavy atom. The van der Waals surface area contributed by atoms with Crippen LogP contribution in [0.15, 0.2) is 59.5 Å². The Kier molecular flexibility index (Phi) is 5.91. The number of nitrogens with one attached hydrogen (secondary N) is 1. The van der Waals surface area contributed by atoms with Gasteiger partial charge in [-0.1, -0.05) is 18.2 Å². The van der Waals surface area contributed by atoms with Crippen molar-refractivity contribution in [2.45, 2.75) is 23.4 Å². The molecule has 1 atom stereocenters. The minimum absolute atomic E-state index is 0.0817. The van der Waals surface area contributed by atoms with Crippen molar-refractivity contribution < 1.29 is 35.5 Å². The first kappa shape index (κ1) is 22.8. The monoisotopic (exact) mass is 482 g/mol. The van der Waals surface area contributed by atoms with Gasteiger partial charge in [-0.3, -0.25) is 4.72 Å². The highest BCUT2D eigenvalue weighted by atomic mass is 32.2. The summed E-state index contributed by atoms with van der Waals surface area (Å²) < 4.78 is 91.1. The van der Waals surface area contributed by atoms with Crippen LogP contribution in [0.1, 0.15) is 29.0 Å². The van der Waals surface area contributed by atoms with Gasteiger partial charge in [-0.25, -0.2) is 13.4 Å². The first-order valence-electron chi connectivity index (χ1n) is 9.76. The van der Waals surface area contributed by atoms with Crippen molar-refractivity contribution in [1.29, 1.82) is 0 Å². The molecule has 1 N–H and O–H groups in total. The highest BCUT2D eigenvalue weighted by Crippen LogP contribution is 2.44. The number of anilines is 1. The third-order valence-corrected chi connectivity index (χ3v) is 6.58. The maximum absolute atomic E-state index is 13.3. The van der Waals surface area contributed by atoms with E-state index in [1.165, 1.54) is 37.4 Å². The predicted octanol–water partition coefficient (Wildman–Crippen LogP) is 4.96. The van der Waals surface area contributed by atoms with Crippen molar-refractivity contribution in [2.75, 3.05) is 18.4 Å². The zero-order chi connectivity index (χ0) is 23.8. The van der Waals surface area contributed by atoms with Gasteiger partial charge in [0, 0.05) is 23.1 Å². The fraction of sp³-hybridized carbons (Fsp3) is 0.227. The molecule has 11 heteroatoms. The Hall–Kier alpha value is -3.34. The first-order valence-corrected chi connectivity index (χ1v) is 11.2. The molecule has 0 spiro atoms. The van der Waals surface area contributed by atoms with Gasteiger partial charge in [0.25, 0.3) is 10.0 Å². The van der Waals surface area contributed by atoms with Gasteiger partial charge >= 0.3 is 6.18 Å². The molecular weight excluding hydrogens is 464 g/mol. The minimum atomic E-state index is -4.51. The summed E-state index contributed by atoms with van der Waals surface area (Å²) in [5.74, 6) is -1.01. The summed E-state index contributed by atoms with van der Waals surface area (Å²) in [4.78, 5) is 3.35. The Balaban J connectivity index is 1.68. The molecule has 1 aromatic heterocycles. The van der Waals surface area contributed by atoms with E-state index in [1.54, 1.807) is 6.07 Å². The summed E-state index contributed by atoms with van der Waals surface area (Å²) >= 11 is 0. The summed E-state index contributed by atoms with van der Waals surface area (Å²) in [6.07, 6.45) is -4.04. The van der Waals surface area contributed by atoms with E-state index >= 15 is 0 Å². The van der Waals surface area contributed by atoms with E-state index in [4.69, 9.17) is 9.47 Å². The van der Waals surface area contributed by atoms with Crippen molar-refractivity contribution in [3.8, 4) is 11.5 Å². The average Bonchev–Trinajstić information content (AvgIpc) is 2.77. The third-order valence-electron chi connectivity index (χ3n) is 5.23. The van der Waals surface area contributed by atoms with Crippen molar-refractivity contribution in [3.05, 3.63) is 77.2 Å². The number of ether oxygens (including phenoxy) is 2. The average molecular weight is 482 g/mol. The van der Waals surface area contributed by atoms with Gasteiger partial charge < -0.3 is 9.47 Å². The molecule has 1 aliphatic heterocycles. The number of methoxy groups -OCH3 is 1. The van der Waals surface area contributed by atoms with Crippen LogP contribution in [0.3, 0.4) is 0 Å². The highest BCUT2D eigenvalue weighted by Gasteiger charge is 2.33. The highest BCUT2D eigenvalue weighted by molar-refractivity contribution is 7.92. The lowest BCUT2D eigenvalue weighted by Crippen LogP contribution is -2.18. The molecular formula is C22H18F4N2O4S. The fourth-order valence-electron chi connectivity index (χ4n) is 3.70. The maximum atomic E-state index is 13.3. The van der Waals surface area contributed by atoms with E-state index in [0.29, 0.717) is 17.5 Å². The predicted molar refractivity (Wildman–Crippen MR) is 111 cm³/mol. The second kappa shape index (κ2) is 8.54. The molecule has 33 heavy (non-hydrogen) atoms. The number of benzene rings is 2. The Morgan fingerprint density at radius 1 is 1.09 bits per heavy atom. The number of pyridine rings is 1. The largest absolute Gasteiger partial charge is 0.496 e. The SMILES string of the molecule is COc1cc(C(F)(F)F)ccc1[C@@H]1CCOc2cc(S(=O)(=O)Nc3cccc(F)n3)ccc21. The molecule has 3 aromatic rings. The molecule has 0 saturated carbocycles. The third kappa shape index (κ3) is 4.72. The number of halogens is 4. The molecule has 2 aromatic carbocycles.